The minimum absolute atomic E-state index is 0.173. The minimum atomic E-state index is -0.454. The van der Waals surface area contributed by atoms with Crippen LogP contribution in [0.5, 0.6) is 0 Å². The number of aromatic nitrogens is 2. The fraction of sp³-hybridized carbons (Fsp3) is 0.286. The van der Waals surface area contributed by atoms with Crippen LogP contribution >= 0.6 is 0 Å². The van der Waals surface area contributed by atoms with Gasteiger partial charge in [0.1, 0.15) is 5.82 Å². The van der Waals surface area contributed by atoms with Crippen LogP contribution in [0.15, 0.2) is 30.5 Å². The normalized spacial score (nSPS) is 10.3. The molecule has 2 rings (SSSR count). The predicted octanol–water partition coefficient (Wildman–Crippen LogP) is 2.61. The maximum atomic E-state index is 13.5. The van der Waals surface area contributed by atoms with Crippen molar-refractivity contribution in [1.82, 2.24) is 9.78 Å². The molecule has 0 bridgehead atoms. The number of benzene rings is 1. The lowest BCUT2D eigenvalue weighted by Crippen LogP contribution is -2.10. The van der Waals surface area contributed by atoms with E-state index >= 15 is 0 Å². The molecule has 0 saturated carbocycles. The van der Waals surface area contributed by atoms with E-state index in [9.17, 15) is 9.18 Å². The van der Waals surface area contributed by atoms with Crippen LogP contribution in [0.3, 0.4) is 0 Å². The lowest BCUT2D eigenvalue weighted by Gasteiger charge is -2.10. The number of hydrogen-bond donors (Lipinski definition) is 2. The molecule has 2 N–H and O–H groups in total. The van der Waals surface area contributed by atoms with Gasteiger partial charge < -0.3 is 10.6 Å². The lowest BCUT2D eigenvalue weighted by molar-refractivity contribution is -0.114. The molecule has 106 valence electrons. The van der Waals surface area contributed by atoms with Crippen molar-refractivity contribution in [1.29, 1.82) is 0 Å². The first-order valence-corrected chi connectivity index (χ1v) is 6.42. The molecule has 0 fully saturated rings. The van der Waals surface area contributed by atoms with Gasteiger partial charge in [-0.05, 0) is 31.2 Å². The molecule has 1 aromatic heterocycles. The number of anilines is 2. The summed E-state index contributed by atoms with van der Waals surface area (Å²) >= 11 is 0. The van der Waals surface area contributed by atoms with Crippen molar-refractivity contribution in [3.63, 3.8) is 0 Å². The highest BCUT2D eigenvalue weighted by Crippen LogP contribution is 2.20. The first-order chi connectivity index (χ1) is 9.60. The molecule has 1 amide bonds. The van der Waals surface area contributed by atoms with E-state index in [1.165, 1.54) is 13.0 Å². The first-order valence-electron chi connectivity index (χ1n) is 6.42. The lowest BCUT2D eigenvalue weighted by atomic mass is 10.2. The van der Waals surface area contributed by atoms with Crippen molar-refractivity contribution in [2.45, 2.75) is 26.9 Å². The van der Waals surface area contributed by atoms with Crippen molar-refractivity contribution in [3.8, 4) is 0 Å². The number of nitrogens with zero attached hydrogens (tertiary/aromatic N) is 2. The highest BCUT2D eigenvalue weighted by Gasteiger charge is 2.06. The average Bonchev–Trinajstić information content (AvgIpc) is 2.86. The third-order valence-corrected chi connectivity index (χ3v) is 2.85. The second-order valence-corrected chi connectivity index (χ2v) is 4.37. The zero-order chi connectivity index (χ0) is 14.5. The second kappa shape index (κ2) is 6.18. The maximum absolute atomic E-state index is 13.5. The Hall–Kier alpha value is -2.37. The van der Waals surface area contributed by atoms with E-state index in [2.05, 4.69) is 15.7 Å². The van der Waals surface area contributed by atoms with E-state index < -0.39 is 5.82 Å². The van der Waals surface area contributed by atoms with Gasteiger partial charge in [0, 0.05) is 25.4 Å². The Morgan fingerprint density at radius 1 is 1.40 bits per heavy atom. The fourth-order valence-electron chi connectivity index (χ4n) is 1.91. The van der Waals surface area contributed by atoms with E-state index in [0.717, 1.165) is 17.9 Å². The molecule has 0 saturated heterocycles. The van der Waals surface area contributed by atoms with Gasteiger partial charge in [-0.3, -0.25) is 9.48 Å². The smallest absolute Gasteiger partial charge is 0.221 e. The van der Waals surface area contributed by atoms with E-state index in [1.54, 1.807) is 18.3 Å². The van der Waals surface area contributed by atoms with Crippen LogP contribution in [0.4, 0.5) is 15.8 Å². The predicted molar refractivity (Wildman–Crippen MR) is 75.9 cm³/mol. The summed E-state index contributed by atoms with van der Waals surface area (Å²) in [5.41, 5.74) is 1.95. The van der Waals surface area contributed by atoms with Crippen LogP contribution in [0.1, 0.15) is 19.5 Å². The number of hydrogen-bond acceptors (Lipinski definition) is 3. The van der Waals surface area contributed by atoms with Gasteiger partial charge >= 0.3 is 0 Å². The summed E-state index contributed by atoms with van der Waals surface area (Å²) in [5, 5.41) is 9.82. The second-order valence-electron chi connectivity index (χ2n) is 4.37. The Morgan fingerprint density at radius 2 is 2.20 bits per heavy atom. The molecule has 0 radical (unpaired) electrons. The minimum Gasteiger partial charge on any atom is -0.379 e. The third kappa shape index (κ3) is 3.34. The van der Waals surface area contributed by atoms with Gasteiger partial charge in [0.05, 0.1) is 17.9 Å². The Kier molecular flexibility index (Phi) is 4.34. The van der Waals surface area contributed by atoms with E-state index in [4.69, 9.17) is 0 Å². The van der Waals surface area contributed by atoms with Crippen LogP contribution in [-0.4, -0.2) is 15.7 Å². The highest BCUT2D eigenvalue weighted by molar-refractivity contribution is 5.89. The summed E-state index contributed by atoms with van der Waals surface area (Å²) in [6.07, 6.45) is 1.74. The van der Waals surface area contributed by atoms with Crippen molar-refractivity contribution in [2.24, 2.45) is 0 Å². The number of halogens is 1. The van der Waals surface area contributed by atoms with Crippen LogP contribution in [0, 0.1) is 5.82 Å². The summed E-state index contributed by atoms with van der Waals surface area (Å²) in [7, 11) is 0. The van der Waals surface area contributed by atoms with Crippen molar-refractivity contribution in [3.05, 3.63) is 42.0 Å². The molecule has 0 atom stereocenters. The Bertz CT molecular complexity index is 609. The molecule has 2 aromatic rings. The van der Waals surface area contributed by atoms with Gasteiger partial charge in [0.25, 0.3) is 0 Å². The highest BCUT2D eigenvalue weighted by atomic mass is 19.1. The van der Waals surface area contributed by atoms with Crippen molar-refractivity contribution in [2.75, 3.05) is 10.6 Å². The molecule has 6 heteroatoms. The number of carbonyl (C=O) groups is 1. The largest absolute Gasteiger partial charge is 0.379 e. The van der Waals surface area contributed by atoms with E-state index in [-0.39, 0.29) is 11.6 Å². The monoisotopic (exact) mass is 276 g/mol. The van der Waals surface area contributed by atoms with Gasteiger partial charge in [-0.25, -0.2) is 4.39 Å². The molecular formula is C14H17FN4O. The van der Waals surface area contributed by atoms with Crippen LogP contribution in [-0.2, 0) is 17.9 Å². The summed E-state index contributed by atoms with van der Waals surface area (Å²) in [5.74, 6) is -0.755. The number of carbonyl (C=O) groups excluding carboxylic acids is 1. The molecule has 1 aromatic carbocycles. The van der Waals surface area contributed by atoms with Gasteiger partial charge in [0.2, 0.25) is 5.91 Å². The summed E-state index contributed by atoms with van der Waals surface area (Å²) in [6, 6.07) is 6.45. The molecule has 5 nitrogen and oxygen atoms in total. The Morgan fingerprint density at radius 3 is 2.90 bits per heavy atom. The average molecular weight is 276 g/mol. The zero-order valence-electron chi connectivity index (χ0n) is 11.5. The number of amides is 1. The zero-order valence-corrected chi connectivity index (χ0v) is 11.5. The van der Waals surface area contributed by atoms with Crippen molar-refractivity contribution >= 4 is 17.3 Å². The Balaban J connectivity index is 2.08. The van der Waals surface area contributed by atoms with Gasteiger partial charge in [-0.2, -0.15) is 5.10 Å². The summed E-state index contributed by atoms with van der Waals surface area (Å²) < 4.78 is 15.4. The number of aryl methyl sites for hydroxylation is 1. The fourth-order valence-corrected chi connectivity index (χ4v) is 1.91. The van der Waals surface area contributed by atoms with Crippen LogP contribution in [0.25, 0.3) is 0 Å². The molecule has 0 spiro atoms. The molecule has 0 aliphatic carbocycles. The molecule has 0 aliphatic heterocycles. The standard InChI is InChI=1S/C14H17FN4O/c1-3-19-12(6-7-17-19)9-16-11-4-5-13(15)14(8-11)18-10(2)20/h4-8,16H,3,9H2,1-2H3,(H,18,20). The van der Waals surface area contributed by atoms with E-state index in [1.807, 2.05) is 17.7 Å². The van der Waals surface area contributed by atoms with E-state index in [0.29, 0.717) is 6.54 Å². The third-order valence-electron chi connectivity index (χ3n) is 2.85. The topological polar surface area (TPSA) is 59.0 Å². The molecule has 0 aliphatic rings. The maximum Gasteiger partial charge on any atom is 0.221 e. The molecule has 1 heterocycles. The van der Waals surface area contributed by atoms with Crippen LogP contribution in [0.2, 0.25) is 0 Å². The number of rotatable bonds is 5. The summed E-state index contributed by atoms with van der Waals surface area (Å²) in [6.45, 7) is 4.74. The van der Waals surface area contributed by atoms with Gasteiger partial charge in [-0.15, -0.1) is 0 Å². The van der Waals surface area contributed by atoms with Gasteiger partial charge in [-0.1, -0.05) is 0 Å². The summed E-state index contributed by atoms with van der Waals surface area (Å²) in [4.78, 5) is 11.0. The molecule has 0 unspecified atom stereocenters. The SMILES string of the molecule is CCn1nccc1CNc1ccc(F)c(NC(C)=O)c1. The van der Waals surface area contributed by atoms with Crippen LogP contribution < -0.4 is 10.6 Å². The molecule has 20 heavy (non-hydrogen) atoms. The molecular weight excluding hydrogens is 259 g/mol. The Labute approximate surface area is 116 Å². The quantitative estimate of drug-likeness (QED) is 0.882. The van der Waals surface area contributed by atoms with Crippen molar-refractivity contribution < 1.29 is 9.18 Å². The van der Waals surface area contributed by atoms with Gasteiger partial charge in [0.15, 0.2) is 0 Å². The number of nitrogens with one attached hydrogen (secondary N) is 2. The first kappa shape index (κ1) is 14.0.